The van der Waals surface area contributed by atoms with Crippen LogP contribution >= 0.6 is 0 Å². The minimum Gasteiger partial charge on any atom is -0.492 e. The molecule has 0 amide bonds. The van der Waals surface area contributed by atoms with Crippen LogP contribution in [0.2, 0.25) is 0 Å². The highest BCUT2D eigenvalue weighted by molar-refractivity contribution is 5.98. The molecule has 0 aliphatic carbocycles. The van der Waals surface area contributed by atoms with Crippen molar-refractivity contribution in [3.8, 4) is 5.75 Å². The maximum absolute atomic E-state index is 5.99. The number of nitrogens with zero attached hydrogens (tertiary/aromatic N) is 1. The third kappa shape index (κ3) is 5.61. The van der Waals surface area contributed by atoms with E-state index in [-0.39, 0.29) is 0 Å². The molecule has 0 unspecified atom stereocenters. The van der Waals surface area contributed by atoms with E-state index in [1.54, 1.807) is 0 Å². The summed E-state index contributed by atoms with van der Waals surface area (Å²) in [4.78, 5) is 2.37. The maximum Gasteiger partial charge on any atom is 0.119 e. The Morgan fingerprint density at radius 1 is 0.667 bits per heavy atom. The normalized spacial score (nSPS) is 12.0. The number of rotatable bonds is 10. The Hall–Kier alpha value is -2.84. The van der Waals surface area contributed by atoms with Gasteiger partial charge in [-0.25, -0.2) is 0 Å². The molecule has 30 heavy (non-hydrogen) atoms. The van der Waals surface area contributed by atoms with Crippen molar-refractivity contribution in [1.29, 1.82) is 0 Å². The Morgan fingerprint density at radius 3 is 1.73 bits per heavy atom. The summed E-state index contributed by atoms with van der Waals surface area (Å²) < 4.78 is 5.99. The second kappa shape index (κ2) is 11.4. The van der Waals surface area contributed by atoms with E-state index >= 15 is 0 Å². The van der Waals surface area contributed by atoms with E-state index in [2.05, 4.69) is 111 Å². The van der Waals surface area contributed by atoms with Gasteiger partial charge in [0.15, 0.2) is 0 Å². The molecule has 0 saturated heterocycles. The molecular weight excluding hydrogens is 366 g/mol. The second-order valence-corrected chi connectivity index (χ2v) is 7.34. The zero-order valence-corrected chi connectivity index (χ0v) is 18.5. The maximum atomic E-state index is 5.99. The third-order valence-corrected chi connectivity index (χ3v) is 5.55. The first-order valence-electron chi connectivity index (χ1n) is 11.1. The minimum absolute atomic E-state index is 0.715. The zero-order valence-electron chi connectivity index (χ0n) is 18.5. The van der Waals surface area contributed by atoms with Crippen molar-refractivity contribution in [2.75, 3.05) is 26.2 Å². The Kier molecular flexibility index (Phi) is 8.29. The van der Waals surface area contributed by atoms with Gasteiger partial charge in [-0.15, -0.1) is 0 Å². The van der Waals surface area contributed by atoms with Crippen LogP contribution in [0.3, 0.4) is 0 Å². The highest BCUT2D eigenvalue weighted by Crippen LogP contribution is 2.34. The molecule has 0 aliphatic rings. The molecule has 0 radical (unpaired) electrons. The van der Waals surface area contributed by atoms with Gasteiger partial charge in [-0.05, 0) is 59.5 Å². The standard InChI is InChI=1S/C28H33NO/c1-4-27(23-13-9-7-10-14-23)28(24-15-11-8-12-16-24)25-17-19-26(20-18-25)30-22-21-29(5-2)6-3/h7-20H,4-6,21-22H2,1-3H3/b28-27-. The van der Waals surface area contributed by atoms with Gasteiger partial charge in [0, 0.05) is 6.54 Å². The number of likely N-dealkylation sites (N-methyl/N-ethyl adjacent to an activating group) is 1. The molecule has 0 N–H and O–H groups in total. The topological polar surface area (TPSA) is 12.5 Å². The van der Waals surface area contributed by atoms with Crippen molar-refractivity contribution in [1.82, 2.24) is 4.90 Å². The smallest absolute Gasteiger partial charge is 0.119 e. The van der Waals surface area contributed by atoms with Gasteiger partial charge in [0.1, 0.15) is 12.4 Å². The van der Waals surface area contributed by atoms with E-state index in [0.29, 0.717) is 6.61 Å². The van der Waals surface area contributed by atoms with Gasteiger partial charge in [0.05, 0.1) is 0 Å². The molecule has 2 nitrogen and oxygen atoms in total. The van der Waals surface area contributed by atoms with Crippen LogP contribution < -0.4 is 4.74 Å². The molecule has 3 aromatic rings. The van der Waals surface area contributed by atoms with Crippen LogP contribution in [0.1, 0.15) is 43.9 Å². The van der Waals surface area contributed by atoms with Gasteiger partial charge in [0.2, 0.25) is 0 Å². The van der Waals surface area contributed by atoms with E-state index in [0.717, 1.165) is 31.8 Å². The highest BCUT2D eigenvalue weighted by Gasteiger charge is 2.13. The first-order chi connectivity index (χ1) is 14.8. The van der Waals surface area contributed by atoms with E-state index in [1.807, 2.05) is 0 Å². The molecule has 156 valence electrons. The Labute approximate surface area is 181 Å². The lowest BCUT2D eigenvalue weighted by Crippen LogP contribution is -2.27. The van der Waals surface area contributed by atoms with Crippen LogP contribution in [-0.4, -0.2) is 31.1 Å². The molecule has 0 saturated carbocycles. The Bertz CT molecular complexity index is 910. The molecule has 0 spiro atoms. The summed E-state index contributed by atoms with van der Waals surface area (Å²) in [5.74, 6) is 0.927. The first kappa shape index (κ1) is 21.9. The van der Waals surface area contributed by atoms with E-state index in [1.165, 1.54) is 27.8 Å². The van der Waals surface area contributed by atoms with E-state index in [4.69, 9.17) is 4.74 Å². The average Bonchev–Trinajstić information content (AvgIpc) is 2.82. The molecule has 3 rings (SSSR count). The zero-order chi connectivity index (χ0) is 21.2. The number of hydrogen-bond donors (Lipinski definition) is 0. The molecule has 0 atom stereocenters. The predicted molar refractivity (Wildman–Crippen MR) is 129 cm³/mol. The van der Waals surface area contributed by atoms with Gasteiger partial charge < -0.3 is 9.64 Å². The quantitative estimate of drug-likeness (QED) is 0.349. The number of ether oxygens (including phenoxy) is 1. The Morgan fingerprint density at radius 2 is 1.20 bits per heavy atom. The van der Waals surface area contributed by atoms with Crippen molar-refractivity contribution in [2.45, 2.75) is 27.2 Å². The van der Waals surface area contributed by atoms with Crippen LogP contribution in [0.25, 0.3) is 11.1 Å². The summed E-state index contributed by atoms with van der Waals surface area (Å²) in [5, 5.41) is 0. The summed E-state index contributed by atoms with van der Waals surface area (Å²) in [6.07, 6.45) is 0.969. The number of benzene rings is 3. The van der Waals surface area contributed by atoms with Gasteiger partial charge in [0.25, 0.3) is 0 Å². The third-order valence-electron chi connectivity index (χ3n) is 5.55. The van der Waals surface area contributed by atoms with E-state index in [9.17, 15) is 0 Å². The van der Waals surface area contributed by atoms with Crippen molar-refractivity contribution in [3.63, 3.8) is 0 Å². The van der Waals surface area contributed by atoms with Gasteiger partial charge >= 0.3 is 0 Å². The first-order valence-corrected chi connectivity index (χ1v) is 11.1. The lowest BCUT2D eigenvalue weighted by Gasteiger charge is -2.19. The molecule has 0 fully saturated rings. The summed E-state index contributed by atoms with van der Waals surface area (Å²) in [6, 6.07) is 29.9. The summed E-state index contributed by atoms with van der Waals surface area (Å²) in [6.45, 7) is 10.4. The van der Waals surface area contributed by atoms with Crippen molar-refractivity contribution < 1.29 is 4.74 Å². The lowest BCUT2D eigenvalue weighted by atomic mass is 9.88. The monoisotopic (exact) mass is 399 g/mol. The largest absolute Gasteiger partial charge is 0.492 e. The number of hydrogen-bond acceptors (Lipinski definition) is 2. The van der Waals surface area contributed by atoms with Gasteiger partial charge in [-0.3, -0.25) is 0 Å². The fraction of sp³-hybridized carbons (Fsp3) is 0.286. The molecular formula is C28H33NO. The van der Waals surface area contributed by atoms with Crippen LogP contribution in [0.15, 0.2) is 84.9 Å². The molecule has 2 heteroatoms. The summed E-state index contributed by atoms with van der Waals surface area (Å²) in [5.41, 5.74) is 6.39. The van der Waals surface area contributed by atoms with E-state index < -0.39 is 0 Å². The van der Waals surface area contributed by atoms with Crippen molar-refractivity contribution >= 4 is 11.1 Å². The average molecular weight is 400 g/mol. The lowest BCUT2D eigenvalue weighted by molar-refractivity contribution is 0.223. The predicted octanol–water partition coefficient (Wildman–Crippen LogP) is 6.78. The minimum atomic E-state index is 0.715. The second-order valence-electron chi connectivity index (χ2n) is 7.34. The van der Waals surface area contributed by atoms with Crippen LogP contribution in [0.5, 0.6) is 5.75 Å². The molecule has 3 aromatic carbocycles. The van der Waals surface area contributed by atoms with Crippen molar-refractivity contribution in [3.05, 3.63) is 102 Å². The molecule has 0 heterocycles. The summed E-state index contributed by atoms with van der Waals surface area (Å²) in [7, 11) is 0. The van der Waals surface area contributed by atoms with Gasteiger partial charge in [-0.2, -0.15) is 0 Å². The Balaban J connectivity index is 1.91. The van der Waals surface area contributed by atoms with Crippen LogP contribution in [0, 0.1) is 0 Å². The molecule has 0 aliphatic heterocycles. The van der Waals surface area contributed by atoms with Crippen LogP contribution in [-0.2, 0) is 0 Å². The number of allylic oxidation sites excluding steroid dienone is 1. The van der Waals surface area contributed by atoms with Gasteiger partial charge in [-0.1, -0.05) is 93.6 Å². The van der Waals surface area contributed by atoms with Crippen LogP contribution in [0.4, 0.5) is 0 Å². The molecule has 0 aromatic heterocycles. The highest BCUT2D eigenvalue weighted by atomic mass is 16.5. The fourth-order valence-electron chi connectivity index (χ4n) is 3.83. The fourth-order valence-corrected chi connectivity index (χ4v) is 3.83. The molecule has 0 bridgehead atoms. The summed E-state index contributed by atoms with van der Waals surface area (Å²) >= 11 is 0. The SMILES string of the molecule is CC/C(=C(\c1ccccc1)c1ccc(OCCN(CC)CC)cc1)c1ccccc1. The van der Waals surface area contributed by atoms with Crippen molar-refractivity contribution in [2.24, 2.45) is 0 Å².